The van der Waals surface area contributed by atoms with E-state index < -0.39 is 73.4 Å². The predicted molar refractivity (Wildman–Crippen MR) is 83.9 cm³/mol. The first-order chi connectivity index (χ1) is 13.9. The van der Waals surface area contributed by atoms with Crippen LogP contribution in [0.1, 0.15) is 64.2 Å². The molecule has 184 valence electrons. The smallest absolute Gasteiger partial charge is 0.250 e. The second-order valence-electron chi connectivity index (χ2n) is 8.22. The fraction of sp³-hybridized carbons (Fsp3) is 1.00. The van der Waals surface area contributed by atoms with E-state index in [1.807, 2.05) is 0 Å². The molecule has 31 heavy (non-hydrogen) atoms. The van der Waals surface area contributed by atoms with E-state index in [0.29, 0.717) is 0 Å². The molecule has 0 heterocycles. The number of rotatable bonds is 6. The second-order valence-corrected chi connectivity index (χ2v) is 8.22. The Morgan fingerprint density at radius 2 is 0.677 bits per heavy atom. The summed E-state index contributed by atoms with van der Waals surface area (Å²) >= 11 is 0. The molecule has 0 radical (unpaired) electrons. The molecule has 0 aliphatic heterocycles. The Labute approximate surface area is 170 Å². The zero-order valence-corrected chi connectivity index (χ0v) is 16.2. The Bertz CT molecular complexity index is 552. The van der Waals surface area contributed by atoms with Crippen LogP contribution in [-0.2, 0) is 4.74 Å². The third kappa shape index (κ3) is 4.48. The van der Waals surface area contributed by atoms with Gasteiger partial charge in [-0.2, -0.15) is 43.9 Å². The van der Waals surface area contributed by atoms with Crippen LogP contribution < -0.4 is 0 Å². The summed E-state index contributed by atoms with van der Waals surface area (Å²) in [5.41, 5.74) is -11.4. The Morgan fingerprint density at radius 3 is 0.903 bits per heavy atom. The maximum absolute atomic E-state index is 14.9. The number of hydrogen-bond donors (Lipinski definition) is 0. The molecule has 2 rings (SSSR count). The van der Waals surface area contributed by atoms with Gasteiger partial charge < -0.3 is 0 Å². The quantitative estimate of drug-likeness (QED) is 0.350. The first kappa shape index (κ1) is 26.4. The average Bonchev–Trinajstić information content (AvgIpc) is 2.65. The lowest BCUT2D eigenvalue weighted by molar-refractivity contribution is -0.493. The van der Waals surface area contributed by atoms with Crippen LogP contribution in [0.4, 0.5) is 52.7 Å². The maximum Gasteiger partial charge on any atom is 0.431 e. The molecule has 2 aliphatic rings. The molecule has 0 bridgehead atoms. The van der Waals surface area contributed by atoms with Crippen molar-refractivity contribution in [1.29, 1.82) is 0 Å². The lowest BCUT2D eigenvalue weighted by atomic mass is 9.75. The van der Waals surface area contributed by atoms with Crippen molar-refractivity contribution >= 4 is 0 Å². The molecule has 2 unspecified atom stereocenters. The van der Waals surface area contributed by atoms with Gasteiger partial charge in [-0.3, -0.25) is 0 Å². The second kappa shape index (κ2) is 8.48. The summed E-state index contributed by atoms with van der Waals surface area (Å²) < 4.78 is 170. The van der Waals surface area contributed by atoms with E-state index in [2.05, 4.69) is 4.74 Å². The Kier molecular flexibility index (Phi) is 7.21. The minimum Gasteiger partial charge on any atom is -0.250 e. The molecule has 0 saturated heterocycles. The van der Waals surface area contributed by atoms with E-state index >= 15 is 0 Å². The van der Waals surface area contributed by atoms with Gasteiger partial charge in [0.2, 0.25) is 0 Å². The zero-order chi connectivity index (χ0) is 23.9. The van der Waals surface area contributed by atoms with Crippen LogP contribution in [0.2, 0.25) is 0 Å². The molecule has 2 fully saturated rings. The zero-order valence-electron chi connectivity index (χ0n) is 16.2. The minimum absolute atomic E-state index is 0.128. The molecule has 13 heteroatoms. The van der Waals surface area contributed by atoms with Crippen LogP contribution in [-0.4, -0.2) is 35.9 Å². The van der Waals surface area contributed by atoms with E-state index in [1.54, 1.807) is 0 Å². The van der Waals surface area contributed by atoms with Crippen LogP contribution in [0.15, 0.2) is 0 Å². The van der Waals surface area contributed by atoms with Gasteiger partial charge in [0, 0.05) is 11.8 Å². The maximum atomic E-state index is 14.9. The normalized spacial score (nSPS) is 25.2. The van der Waals surface area contributed by atoms with E-state index in [9.17, 15) is 52.7 Å². The molecule has 0 spiro atoms. The molecule has 0 amide bonds. The molecule has 1 nitrogen and oxygen atoms in total. The number of halogens is 12. The lowest BCUT2D eigenvalue weighted by Gasteiger charge is -2.46. The first-order valence-corrected chi connectivity index (χ1v) is 9.89. The summed E-state index contributed by atoms with van der Waals surface area (Å²) in [6.45, 7) is 0. The van der Waals surface area contributed by atoms with Crippen LogP contribution in [0.5, 0.6) is 0 Å². The van der Waals surface area contributed by atoms with Crippen LogP contribution in [0.3, 0.4) is 0 Å². The molecule has 0 aromatic rings. The molecular weight excluding hydrogens is 460 g/mol. The van der Waals surface area contributed by atoms with Crippen LogP contribution >= 0.6 is 0 Å². The Balaban J connectivity index is 2.48. The van der Waals surface area contributed by atoms with Crippen molar-refractivity contribution in [1.82, 2.24) is 0 Å². The fourth-order valence-electron chi connectivity index (χ4n) is 4.58. The van der Waals surface area contributed by atoms with Crippen molar-refractivity contribution in [3.8, 4) is 0 Å². The highest BCUT2D eigenvalue weighted by Gasteiger charge is 2.82. The van der Waals surface area contributed by atoms with Gasteiger partial charge in [-0.1, -0.05) is 38.5 Å². The summed E-state index contributed by atoms with van der Waals surface area (Å²) in [4.78, 5) is 0. The highest BCUT2D eigenvalue weighted by molar-refractivity contribution is 5.05. The van der Waals surface area contributed by atoms with E-state index in [0.717, 1.165) is 0 Å². The summed E-state index contributed by atoms with van der Waals surface area (Å²) in [5.74, 6) is -5.08. The van der Waals surface area contributed by atoms with Crippen molar-refractivity contribution in [2.45, 2.75) is 100 Å². The van der Waals surface area contributed by atoms with Crippen molar-refractivity contribution in [3.63, 3.8) is 0 Å². The number of ether oxygens (including phenoxy) is 1. The van der Waals surface area contributed by atoms with Gasteiger partial charge in [0.15, 0.2) is 0 Å². The molecule has 2 saturated carbocycles. The summed E-state index contributed by atoms with van der Waals surface area (Å²) in [7, 11) is 0. The van der Waals surface area contributed by atoms with Crippen molar-refractivity contribution in [3.05, 3.63) is 0 Å². The first-order valence-electron chi connectivity index (χ1n) is 9.89. The minimum atomic E-state index is -6.48. The van der Waals surface area contributed by atoms with E-state index in [-0.39, 0.29) is 38.5 Å². The highest BCUT2D eigenvalue weighted by atomic mass is 19.4. The summed E-state index contributed by atoms with van der Waals surface area (Å²) in [6, 6.07) is 0. The molecule has 2 aliphatic carbocycles. The Hall–Kier alpha value is -0.880. The molecule has 0 aromatic heterocycles. The lowest BCUT2D eigenvalue weighted by Crippen LogP contribution is -2.68. The van der Waals surface area contributed by atoms with Gasteiger partial charge in [-0.05, 0) is 25.7 Å². The number of alkyl halides is 12. The van der Waals surface area contributed by atoms with Crippen LogP contribution in [0.25, 0.3) is 0 Å². The number of hydrogen-bond acceptors (Lipinski definition) is 1. The summed E-state index contributed by atoms with van der Waals surface area (Å²) in [6.07, 6.45) is -28.9. The van der Waals surface area contributed by atoms with Crippen molar-refractivity contribution in [2.75, 3.05) is 0 Å². The molecule has 2 atom stereocenters. The topological polar surface area (TPSA) is 9.23 Å². The van der Waals surface area contributed by atoms with Crippen molar-refractivity contribution < 1.29 is 57.4 Å². The summed E-state index contributed by atoms with van der Waals surface area (Å²) in [5, 5.41) is 0. The predicted octanol–water partition coefficient (Wildman–Crippen LogP) is 7.89. The standard InChI is InChI=1S/C18H22F12O/c19-13(15(21,22)23,11-7-3-1-4-8-11)17(27,28)31-18(29,30)14(20,16(24,25)26)12-9-5-2-6-10-12/h11-12H,1-10H2. The van der Waals surface area contributed by atoms with Gasteiger partial charge in [0.25, 0.3) is 11.3 Å². The van der Waals surface area contributed by atoms with Gasteiger partial charge in [0.1, 0.15) is 0 Å². The van der Waals surface area contributed by atoms with Crippen LogP contribution in [0, 0.1) is 11.8 Å². The molecule has 0 aromatic carbocycles. The monoisotopic (exact) mass is 482 g/mol. The highest BCUT2D eigenvalue weighted by Crippen LogP contribution is 2.60. The van der Waals surface area contributed by atoms with Gasteiger partial charge in [-0.15, -0.1) is 0 Å². The van der Waals surface area contributed by atoms with Crippen molar-refractivity contribution in [2.24, 2.45) is 11.8 Å². The molecular formula is C18H22F12O. The SMILES string of the molecule is FC(F)(F)C(F)(C1CCCCC1)C(F)(F)OC(F)(F)C(F)(C1CCCCC1)C(F)(F)F. The third-order valence-electron chi connectivity index (χ3n) is 6.26. The van der Waals surface area contributed by atoms with Gasteiger partial charge in [-0.25, -0.2) is 13.5 Å². The Morgan fingerprint density at radius 1 is 0.419 bits per heavy atom. The van der Waals surface area contributed by atoms with Gasteiger partial charge in [0.05, 0.1) is 0 Å². The van der Waals surface area contributed by atoms with E-state index in [4.69, 9.17) is 0 Å². The fourth-order valence-corrected chi connectivity index (χ4v) is 4.58. The average molecular weight is 482 g/mol. The molecule has 0 N–H and O–H groups in total. The third-order valence-corrected chi connectivity index (χ3v) is 6.26. The largest absolute Gasteiger partial charge is 0.431 e. The van der Waals surface area contributed by atoms with E-state index in [1.165, 1.54) is 0 Å². The van der Waals surface area contributed by atoms with Gasteiger partial charge >= 0.3 is 24.6 Å².